The number of halogens is 2. The lowest BCUT2D eigenvalue weighted by molar-refractivity contribution is 0.0701. The van der Waals surface area contributed by atoms with Gasteiger partial charge in [-0.1, -0.05) is 23.7 Å². The van der Waals surface area contributed by atoms with Crippen molar-refractivity contribution in [2.24, 2.45) is 0 Å². The fraction of sp³-hybridized carbons (Fsp3) is 0. The van der Waals surface area contributed by atoms with Crippen molar-refractivity contribution in [1.82, 2.24) is 4.37 Å². The van der Waals surface area contributed by atoms with E-state index >= 15 is 0 Å². The number of carboxylic acids is 1. The summed E-state index contributed by atoms with van der Waals surface area (Å²) >= 11 is 10.0. The first-order valence-corrected chi connectivity index (χ1v) is 6.18. The predicted octanol–water partition coefficient (Wildman–Crippen LogP) is 3.92. The molecule has 1 aromatic heterocycles. The van der Waals surface area contributed by atoms with Crippen LogP contribution in [0.25, 0.3) is 11.3 Å². The second kappa shape index (κ2) is 4.53. The zero-order chi connectivity index (χ0) is 11.7. The van der Waals surface area contributed by atoms with Crippen LogP contribution in [0, 0.1) is 0 Å². The average molecular weight is 319 g/mol. The molecule has 0 saturated heterocycles. The lowest BCUT2D eigenvalue weighted by Gasteiger charge is -1.98. The summed E-state index contributed by atoms with van der Waals surface area (Å²) in [5, 5.41) is 9.49. The van der Waals surface area contributed by atoms with E-state index in [1.54, 1.807) is 18.2 Å². The van der Waals surface area contributed by atoms with Crippen LogP contribution in [0.15, 0.2) is 28.7 Å². The van der Waals surface area contributed by atoms with Crippen molar-refractivity contribution < 1.29 is 9.90 Å². The molecule has 1 heterocycles. The van der Waals surface area contributed by atoms with E-state index in [4.69, 9.17) is 16.7 Å². The molecule has 0 fully saturated rings. The number of aromatic nitrogens is 1. The number of carboxylic acid groups (broad SMARTS) is 1. The van der Waals surface area contributed by atoms with Crippen LogP contribution in [0.2, 0.25) is 5.02 Å². The van der Waals surface area contributed by atoms with Crippen LogP contribution in [0.4, 0.5) is 0 Å². The first kappa shape index (κ1) is 11.6. The van der Waals surface area contributed by atoms with Gasteiger partial charge in [-0.2, -0.15) is 4.37 Å². The Morgan fingerprint density at radius 3 is 2.81 bits per heavy atom. The smallest absolute Gasteiger partial charge is 0.348 e. The SMILES string of the molecule is O=C(O)c1snc(-c2cccc(Cl)c2)c1Br. The highest BCUT2D eigenvalue weighted by Gasteiger charge is 2.17. The molecule has 0 aliphatic heterocycles. The van der Waals surface area contributed by atoms with Gasteiger partial charge in [0, 0.05) is 10.6 Å². The van der Waals surface area contributed by atoms with Crippen molar-refractivity contribution in [2.45, 2.75) is 0 Å². The van der Waals surface area contributed by atoms with Gasteiger partial charge < -0.3 is 5.11 Å². The maximum absolute atomic E-state index is 10.8. The van der Waals surface area contributed by atoms with Crippen molar-refractivity contribution in [3.63, 3.8) is 0 Å². The molecular formula is C10H5BrClNO2S. The van der Waals surface area contributed by atoms with Gasteiger partial charge in [0.1, 0.15) is 4.88 Å². The highest BCUT2D eigenvalue weighted by molar-refractivity contribution is 9.10. The van der Waals surface area contributed by atoms with E-state index in [0.717, 1.165) is 17.1 Å². The summed E-state index contributed by atoms with van der Waals surface area (Å²) in [6.45, 7) is 0. The van der Waals surface area contributed by atoms with E-state index in [0.29, 0.717) is 15.2 Å². The zero-order valence-corrected chi connectivity index (χ0v) is 10.9. The molecule has 0 aliphatic rings. The van der Waals surface area contributed by atoms with Crippen molar-refractivity contribution in [2.75, 3.05) is 0 Å². The van der Waals surface area contributed by atoms with Crippen LogP contribution in [-0.4, -0.2) is 15.4 Å². The molecule has 0 unspecified atom stereocenters. The molecule has 0 bridgehead atoms. The van der Waals surface area contributed by atoms with Crippen LogP contribution in [0.1, 0.15) is 9.67 Å². The van der Waals surface area contributed by atoms with Gasteiger partial charge in [0.2, 0.25) is 0 Å². The second-order valence-electron chi connectivity index (χ2n) is 2.99. The Labute approximate surface area is 109 Å². The number of nitrogens with zero attached hydrogens (tertiary/aromatic N) is 1. The normalized spacial score (nSPS) is 10.4. The Kier molecular flexibility index (Phi) is 3.28. The number of hydrogen-bond acceptors (Lipinski definition) is 3. The molecule has 0 radical (unpaired) electrons. The summed E-state index contributed by atoms with van der Waals surface area (Å²) < 4.78 is 4.60. The molecule has 0 aliphatic carbocycles. The maximum atomic E-state index is 10.8. The van der Waals surface area contributed by atoms with Crippen molar-refractivity contribution in [1.29, 1.82) is 0 Å². The average Bonchev–Trinajstić information content (AvgIpc) is 2.60. The number of benzene rings is 1. The molecule has 6 heteroatoms. The quantitative estimate of drug-likeness (QED) is 0.913. The van der Waals surface area contributed by atoms with E-state index in [1.807, 2.05) is 6.07 Å². The molecule has 1 aromatic carbocycles. The third kappa shape index (κ3) is 2.11. The minimum atomic E-state index is -0.988. The van der Waals surface area contributed by atoms with Crippen LogP contribution in [-0.2, 0) is 0 Å². The third-order valence-electron chi connectivity index (χ3n) is 1.93. The van der Waals surface area contributed by atoms with Crippen molar-refractivity contribution >= 4 is 45.0 Å². The molecule has 1 N–H and O–H groups in total. The highest BCUT2D eigenvalue weighted by atomic mass is 79.9. The molecule has 0 saturated carbocycles. The maximum Gasteiger partial charge on any atom is 0.348 e. The van der Waals surface area contributed by atoms with E-state index in [2.05, 4.69) is 20.3 Å². The van der Waals surface area contributed by atoms with E-state index in [1.165, 1.54) is 0 Å². The summed E-state index contributed by atoms with van der Waals surface area (Å²) in [6.07, 6.45) is 0. The number of carbonyl (C=O) groups is 1. The summed E-state index contributed by atoms with van der Waals surface area (Å²) in [6, 6.07) is 7.12. The lowest BCUT2D eigenvalue weighted by atomic mass is 10.1. The van der Waals surface area contributed by atoms with E-state index in [9.17, 15) is 4.79 Å². The number of hydrogen-bond donors (Lipinski definition) is 1. The van der Waals surface area contributed by atoms with Crippen molar-refractivity contribution in [3.05, 3.63) is 38.6 Å². The minimum absolute atomic E-state index is 0.190. The van der Waals surface area contributed by atoms with Crippen LogP contribution in [0.5, 0.6) is 0 Å². The van der Waals surface area contributed by atoms with Gasteiger partial charge in [0.15, 0.2) is 0 Å². The molecule has 2 rings (SSSR count). The van der Waals surface area contributed by atoms with Crippen LogP contribution in [0.3, 0.4) is 0 Å². The molecule has 0 amide bonds. The minimum Gasteiger partial charge on any atom is -0.477 e. The summed E-state index contributed by atoms with van der Waals surface area (Å²) in [4.78, 5) is 11.0. The molecule has 16 heavy (non-hydrogen) atoms. The lowest BCUT2D eigenvalue weighted by Crippen LogP contribution is -1.92. The molecule has 82 valence electrons. The Hall–Kier alpha value is -0.910. The number of rotatable bonds is 2. The second-order valence-corrected chi connectivity index (χ2v) is 4.99. The summed E-state index contributed by atoms with van der Waals surface area (Å²) in [5.41, 5.74) is 1.40. The Balaban J connectivity index is 2.53. The van der Waals surface area contributed by atoms with Crippen LogP contribution < -0.4 is 0 Å². The van der Waals surface area contributed by atoms with Gasteiger partial charge in [0.05, 0.1) is 10.2 Å². The van der Waals surface area contributed by atoms with Crippen molar-refractivity contribution in [3.8, 4) is 11.3 Å². The van der Waals surface area contributed by atoms with E-state index in [-0.39, 0.29) is 4.88 Å². The fourth-order valence-corrected chi connectivity index (χ4v) is 2.87. The molecule has 0 atom stereocenters. The van der Waals surface area contributed by atoms with Gasteiger partial charge in [-0.3, -0.25) is 0 Å². The monoisotopic (exact) mass is 317 g/mol. The Bertz CT molecular complexity index is 556. The molecular weight excluding hydrogens is 314 g/mol. The molecule has 3 nitrogen and oxygen atoms in total. The molecule has 2 aromatic rings. The van der Waals surface area contributed by atoms with Gasteiger partial charge >= 0.3 is 5.97 Å². The third-order valence-corrected chi connectivity index (χ3v) is 4.03. The van der Waals surface area contributed by atoms with Crippen LogP contribution >= 0.6 is 39.1 Å². The first-order valence-electron chi connectivity index (χ1n) is 4.24. The largest absolute Gasteiger partial charge is 0.477 e. The first-order chi connectivity index (χ1) is 7.59. The fourth-order valence-electron chi connectivity index (χ4n) is 1.23. The standard InChI is InChI=1S/C10H5BrClNO2S/c11-7-8(13-16-9(7)10(14)15)5-2-1-3-6(12)4-5/h1-4H,(H,14,15). The summed E-state index contributed by atoms with van der Waals surface area (Å²) in [5.74, 6) is -0.988. The predicted molar refractivity (Wildman–Crippen MR) is 67.2 cm³/mol. The summed E-state index contributed by atoms with van der Waals surface area (Å²) in [7, 11) is 0. The topological polar surface area (TPSA) is 50.2 Å². The Morgan fingerprint density at radius 2 is 2.25 bits per heavy atom. The Morgan fingerprint density at radius 1 is 1.50 bits per heavy atom. The van der Waals surface area contributed by atoms with E-state index < -0.39 is 5.97 Å². The number of aromatic carboxylic acids is 1. The zero-order valence-electron chi connectivity index (χ0n) is 7.78. The highest BCUT2D eigenvalue weighted by Crippen LogP contribution is 2.33. The molecule has 0 spiro atoms. The van der Waals surface area contributed by atoms with Gasteiger partial charge in [-0.25, -0.2) is 4.79 Å². The van der Waals surface area contributed by atoms with Gasteiger partial charge in [-0.05, 0) is 39.6 Å². The van der Waals surface area contributed by atoms with Gasteiger partial charge in [0.25, 0.3) is 0 Å². The van der Waals surface area contributed by atoms with Gasteiger partial charge in [-0.15, -0.1) is 0 Å².